The maximum Gasteiger partial charge on any atom is 0.215 e. The lowest BCUT2D eigenvalue weighted by Gasteiger charge is -2.06. The zero-order chi connectivity index (χ0) is 20.7. The summed E-state index contributed by atoms with van der Waals surface area (Å²) in [6, 6.07) is 8.22. The molecule has 0 aliphatic heterocycles. The molecule has 3 aromatic heterocycles. The second kappa shape index (κ2) is 7.62. The molecule has 0 spiro atoms. The van der Waals surface area contributed by atoms with Crippen LogP contribution >= 0.6 is 11.8 Å². The SMILES string of the molecule is Cc1ccc(Sc2nc3c(=N)n4cc(C5=CCCC=C5)[nH]c4nc3n2CCO)cc1. The molecule has 8 heteroatoms. The van der Waals surface area contributed by atoms with Crippen LogP contribution in [-0.2, 0) is 6.54 Å². The molecule has 0 saturated heterocycles. The molecule has 0 bridgehead atoms. The normalized spacial score (nSPS) is 14.0. The van der Waals surface area contributed by atoms with Crippen molar-refractivity contribution in [3.05, 3.63) is 65.4 Å². The van der Waals surface area contributed by atoms with E-state index in [1.165, 1.54) is 17.3 Å². The lowest BCUT2D eigenvalue weighted by Crippen LogP contribution is -2.14. The number of rotatable bonds is 5. The third kappa shape index (κ3) is 3.28. The Morgan fingerprint density at radius 3 is 2.77 bits per heavy atom. The van der Waals surface area contributed by atoms with Gasteiger partial charge in [-0.25, -0.2) is 4.98 Å². The van der Waals surface area contributed by atoms with Crippen LogP contribution in [0.2, 0.25) is 0 Å². The number of nitrogens with zero attached hydrogens (tertiary/aromatic N) is 4. The van der Waals surface area contributed by atoms with Crippen LogP contribution in [0.3, 0.4) is 0 Å². The van der Waals surface area contributed by atoms with Crippen molar-refractivity contribution in [3.8, 4) is 0 Å². The topological polar surface area (TPSA) is 95.0 Å². The summed E-state index contributed by atoms with van der Waals surface area (Å²) < 4.78 is 3.62. The summed E-state index contributed by atoms with van der Waals surface area (Å²) in [7, 11) is 0. The summed E-state index contributed by atoms with van der Waals surface area (Å²) >= 11 is 1.51. The van der Waals surface area contributed by atoms with Crippen molar-refractivity contribution in [1.82, 2.24) is 23.9 Å². The number of hydrogen-bond donors (Lipinski definition) is 3. The van der Waals surface area contributed by atoms with Crippen LogP contribution in [0, 0.1) is 12.3 Å². The van der Waals surface area contributed by atoms with Gasteiger partial charge in [0.1, 0.15) is 0 Å². The molecular formula is C22H22N6OS. The Hall–Kier alpha value is -3.10. The molecule has 0 amide bonds. The number of fused-ring (bicyclic) bond motifs is 2. The van der Waals surface area contributed by atoms with Crippen molar-refractivity contribution in [2.75, 3.05) is 6.61 Å². The number of aliphatic hydroxyl groups is 1. The largest absolute Gasteiger partial charge is 0.395 e. The van der Waals surface area contributed by atoms with Crippen LogP contribution in [0.4, 0.5) is 0 Å². The van der Waals surface area contributed by atoms with E-state index in [2.05, 4.69) is 42.3 Å². The fraction of sp³-hybridized carbons (Fsp3) is 0.227. The average Bonchev–Trinajstić information content (AvgIpc) is 3.34. The summed E-state index contributed by atoms with van der Waals surface area (Å²) in [4.78, 5) is 13.9. The van der Waals surface area contributed by atoms with E-state index in [9.17, 15) is 5.11 Å². The molecule has 3 heterocycles. The van der Waals surface area contributed by atoms with Crippen LogP contribution in [0.1, 0.15) is 24.1 Å². The molecule has 0 unspecified atom stereocenters. The molecule has 152 valence electrons. The lowest BCUT2D eigenvalue weighted by atomic mass is 10.1. The zero-order valence-corrected chi connectivity index (χ0v) is 17.4. The number of benzene rings is 1. The first-order chi connectivity index (χ1) is 14.6. The molecule has 30 heavy (non-hydrogen) atoms. The van der Waals surface area contributed by atoms with Gasteiger partial charge < -0.3 is 14.7 Å². The third-order valence-electron chi connectivity index (χ3n) is 5.18. The van der Waals surface area contributed by atoms with E-state index < -0.39 is 0 Å². The van der Waals surface area contributed by atoms with Crippen LogP contribution < -0.4 is 5.49 Å². The first kappa shape index (κ1) is 18.9. The molecule has 7 nitrogen and oxygen atoms in total. The van der Waals surface area contributed by atoms with E-state index in [1.54, 1.807) is 4.40 Å². The number of H-pyrrole nitrogens is 1. The molecule has 5 rings (SSSR count). The number of aryl methyl sites for hydroxylation is 1. The molecule has 4 aromatic rings. The second-order valence-corrected chi connectivity index (χ2v) is 8.36. The fourth-order valence-electron chi connectivity index (χ4n) is 3.62. The van der Waals surface area contributed by atoms with Crippen molar-refractivity contribution in [2.45, 2.75) is 36.4 Å². The highest BCUT2D eigenvalue weighted by atomic mass is 32.2. The maximum absolute atomic E-state index is 9.62. The Kier molecular flexibility index (Phi) is 4.80. The summed E-state index contributed by atoms with van der Waals surface area (Å²) in [5.41, 5.74) is 4.64. The highest BCUT2D eigenvalue weighted by Gasteiger charge is 2.18. The van der Waals surface area contributed by atoms with Gasteiger partial charge in [0.05, 0.1) is 12.3 Å². The van der Waals surface area contributed by atoms with Gasteiger partial charge >= 0.3 is 0 Å². The Bertz CT molecular complexity index is 1360. The zero-order valence-electron chi connectivity index (χ0n) is 16.6. The third-order valence-corrected chi connectivity index (χ3v) is 6.18. The van der Waals surface area contributed by atoms with Gasteiger partial charge in [0.25, 0.3) is 0 Å². The Morgan fingerprint density at radius 2 is 2.03 bits per heavy atom. The first-order valence-corrected chi connectivity index (χ1v) is 10.7. The van der Waals surface area contributed by atoms with Crippen LogP contribution in [-0.4, -0.2) is 35.6 Å². The maximum atomic E-state index is 9.62. The fourth-order valence-corrected chi connectivity index (χ4v) is 4.53. The van der Waals surface area contributed by atoms with Gasteiger partial charge in [-0.05, 0) is 37.5 Å². The first-order valence-electron chi connectivity index (χ1n) is 9.92. The highest BCUT2D eigenvalue weighted by molar-refractivity contribution is 7.99. The number of aromatic nitrogens is 5. The van der Waals surface area contributed by atoms with E-state index in [4.69, 9.17) is 15.4 Å². The van der Waals surface area contributed by atoms with Gasteiger partial charge in [-0.1, -0.05) is 47.7 Å². The van der Waals surface area contributed by atoms with E-state index >= 15 is 0 Å². The van der Waals surface area contributed by atoms with E-state index in [1.807, 2.05) is 22.9 Å². The number of imidazole rings is 2. The summed E-state index contributed by atoms with van der Waals surface area (Å²) in [5.74, 6) is 0.591. The van der Waals surface area contributed by atoms with Crippen molar-refractivity contribution >= 4 is 34.3 Å². The van der Waals surface area contributed by atoms with Crippen molar-refractivity contribution in [1.29, 1.82) is 5.41 Å². The van der Waals surface area contributed by atoms with E-state index in [0.717, 1.165) is 34.2 Å². The lowest BCUT2D eigenvalue weighted by molar-refractivity contribution is 0.273. The summed E-state index contributed by atoms with van der Waals surface area (Å²) in [6.45, 7) is 2.40. The monoisotopic (exact) mass is 418 g/mol. The molecule has 0 fully saturated rings. The molecule has 1 aliphatic rings. The highest BCUT2D eigenvalue weighted by Crippen LogP contribution is 2.29. The Morgan fingerprint density at radius 1 is 1.20 bits per heavy atom. The molecule has 1 aliphatic carbocycles. The van der Waals surface area contributed by atoms with Gasteiger partial charge in [0.15, 0.2) is 21.8 Å². The molecule has 0 saturated carbocycles. The number of aliphatic hydroxyl groups excluding tert-OH is 1. The predicted octanol–water partition coefficient (Wildman–Crippen LogP) is 3.68. The van der Waals surface area contributed by atoms with Gasteiger partial charge in [-0.2, -0.15) is 4.98 Å². The molecular weight excluding hydrogens is 396 g/mol. The molecule has 3 N–H and O–H groups in total. The standard InChI is InChI=1S/C22H22N6OS/c1-14-7-9-16(10-8-14)30-22-25-18-19(23)28-13-17(15-5-3-2-4-6-15)24-21(28)26-20(18)27(22)11-12-29/h3,5-10,13,23,29H,2,4,11-12H2,1H3,(H,24,26). The molecule has 1 aromatic carbocycles. The molecule has 0 radical (unpaired) electrons. The minimum Gasteiger partial charge on any atom is -0.395 e. The Balaban J connectivity index is 1.64. The van der Waals surface area contributed by atoms with Gasteiger partial charge in [0.2, 0.25) is 5.78 Å². The average molecular weight is 419 g/mol. The van der Waals surface area contributed by atoms with Crippen molar-refractivity contribution < 1.29 is 5.11 Å². The summed E-state index contributed by atoms with van der Waals surface area (Å²) in [5, 5.41) is 19.1. The van der Waals surface area contributed by atoms with E-state index in [0.29, 0.717) is 23.5 Å². The number of hydrogen-bond acceptors (Lipinski definition) is 5. The minimum atomic E-state index is -0.0270. The van der Waals surface area contributed by atoms with Crippen LogP contribution in [0.15, 0.2) is 58.7 Å². The molecule has 0 atom stereocenters. The van der Waals surface area contributed by atoms with Crippen molar-refractivity contribution in [3.63, 3.8) is 0 Å². The van der Waals surface area contributed by atoms with Gasteiger partial charge in [0, 0.05) is 17.6 Å². The smallest absolute Gasteiger partial charge is 0.215 e. The summed E-state index contributed by atoms with van der Waals surface area (Å²) in [6.07, 6.45) is 10.4. The second-order valence-electron chi connectivity index (χ2n) is 7.32. The predicted molar refractivity (Wildman–Crippen MR) is 117 cm³/mol. The quantitative estimate of drug-likeness (QED) is 0.461. The van der Waals surface area contributed by atoms with E-state index in [-0.39, 0.29) is 12.1 Å². The number of nitrogens with one attached hydrogen (secondary N) is 2. The number of aromatic amines is 1. The van der Waals surface area contributed by atoms with Gasteiger partial charge in [-0.15, -0.1) is 0 Å². The number of allylic oxidation sites excluding steroid dienone is 4. The van der Waals surface area contributed by atoms with Crippen LogP contribution in [0.5, 0.6) is 0 Å². The van der Waals surface area contributed by atoms with Crippen LogP contribution in [0.25, 0.3) is 22.5 Å². The van der Waals surface area contributed by atoms with Crippen molar-refractivity contribution in [2.24, 2.45) is 0 Å². The minimum absolute atomic E-state index is 0.0270. The van der Waals surface area contributed by atoms with Gasteiger partial charge in [-0.3, -0.25) is 9.81 Å². The Labute approximate surface area is 177 Å².